The topological polar surface area (TPSA) is 67.2 Å². The Balaban J connectivity index is 3.16. The number of unbranched alkanes of at least 4 members (excludes halogenated alkanes) is 1. The number of amides is 1. The zero-order valence-corrected chi connectivity index (χ0v) is 8.75. The minimum absolute atomic E-state index is 0.109. The quantitative estimate of drug-likeness (QED) is 0.424. The summed E-state index contributed by atoms with van der Waals surface area (Å²) in [5.41, 5.74) is 5.22. The lowest BCUT2D eigenvalue weighted by atomic mass is 10.2. The molecule has 0 saturated heterocycles. The molecule has 0 unspecified atom stereocenters. The van der Waals surface area contributed by atoms with E-state index in [1.54, 1.807) is 0 Å². The molecule has 0 aromatic carbocycles. The number of rotatable bonds is 6. The molecule has 0 radical (unpaired) electrons. The molecule has 76 valence electrons. The second-order valence-corrected chi connectivity index (χ2v) is 3.14. The third-order valence-electron chi connectivity index (χ3n) is 1.50. The Morgan fingerprint density at radius 3 is 2.62 bits per heavy atom. The molecule has 0 rings (SSSR count). The molecule has 0 atom stereocenters. The van der Waals surface area contributed by atoms with E-state index in [0.717, 1.165) is 19.4 Å². The Labute approximate surface area is 84.3 Å². The largest absolute Gasteiger partial charge is 0.376 e. The van der Waals surface area contributed by atoms with Gasteiger partial charge in [0.15, 0.2) is 5.11 Å². The second-order valence-electron chi connectivity index (χ2n) is 2.70. The van der Waals surface area contributed by atoms with Crippen LogP contribution in [0.3, 0.4) is 0 Å². The predicted molar refractivity (Wildman–Crippen MR) is 57.3 cm³/mol. The highest BCUT2D eigenvalue weighted by Crippen LogP contribution is 1.93. The summed E-state index contributed by atoms with van der Waals surface area (Å²) in [6, 6.07) is 0. The van der Waals surface area contributed by atoms with Crippen molar-refractivity contribution < 1.29 is 4.79 Å². The molecule has 0 spiro atoms. The van der Waals surface area contributed by atoms with E-state index in [1.165, 1.54) is 0 Å². The summed E-state index contributed by atoms with van der Waals surface area (Å²) in [4.78, 5) is 11.0. The minimum Gasteiger partial charge on any atom is -0.376 e. The van der Waals surface area contributed by atoms with Crippen LogP contribution in [0.1, 0.15) is 26.2 Å². The molecule has 0 aliphatic rings. The van der Waals surface area contributed by atoms with E-state index < -0.39 is 0 Å². The molecular formula is C8H17N3OS. The first-order chi connectivity index (χ1) is 6.16. The number of nitrogens with one attached hydrogen (secondary N) is 2. The summed E-state index contributed by atoms with van der Waals surface area (Å²) in [6.45, 7) is 3.35. The molecule has 13 heavy (non-hydrogen) atoms. The fourth-order valence-corrected chi connectivity index (χ4v) is 1.01. The number of thiocarbonyl (C=S) groups is 1. The van der Waals surface area contributed by atoms with E-state index in [-0.39, 0.29) is 5.91 Å². The molecule has 0 aromatic heterocycles. The summed E-state index contributed by atoms with van der Waals surface area (Å²) in [6.07, 6.45) is 2.35. The van der Waals surface area contributed by atoms with Crippen LogP contribution in [-0.2, 0) is 4.79 Å². The number of carbonyl (C=O) groups is 1. The highest BCUT2D eigenvalue weighted by Gasteiger charge is 1.97. The van der Waals surface area contributed by atoms with Crippen molar-refractivity contribution in [1.29, 1.82) is 0 Å². The van der Waals surface area contributed by atoms with E-state index in [9.17, 15) is 4.79 Å². The van der Waals surface area contributed by atoms with Crippen molar-refractivity contribution in [3.63, 3.8) is 0 Å². The third-order valence-corrected chi connectivity index (χ3v) is 1.65. The number of nitrogens with two attached hydrogens (primary N) is 1. The van der Waals surface area contributed by atoms with E-state index in [1.807, 2.05) is 6.92 Å². The van der Waals surface area contributed by atoms with Gasteiger partial charge in [-0.05, 0) is 32.0 Å². The maximum absolute atomic E-state index is 11.0. The van der Waals surface area contributed by atoms with Gasteiger partial charge in [0.25, 0.3) is 0 Å². The van der Waals surface area contributed by atoms with Crippen LogP contribution in [0, 0.1) is 0 Å². The van der Waals surface area contributed by atoms with Gasteiger partial charge in [-0.3, -0.25) is 4.79 Å². The molecule has 5 heteroatoms. The van der Waals surface area contributed by atoms with Gasteiger partial charge in [-0.15, -0.1) is 0 Å². The lowest BCUT2D eigenvalue weighted by molar-refractivity contribution is -0.121. The normalized spacial score (nSPS) is 9.31. The van der Waals surface area contributed by atoms with Gasteiger partial charge in [0.1, 0.15) is 0 Å². The van der Waals surface area contributed by atoms with E-state index in [2.05, 4.69) is 22.9 Å². The molecule has 1 amide bonds. The zero-order valence-electron chi connectivity index (χ0n) is 7.93. The highest BCUT2D eigenvalue weighted by molar-refractivity contribution is 7.80. The van der Waals surface area contributed by atoms with Gasteiger partial charge in [-0.1, -0.05) is 0 Å². The van der Waals surface area contributed by atoms with Crippen LogP contribution in [0.2, 0.25) is 0 Å². The Kier molecular flexibility index (Phi) is 7.29. The van der Waals surface area contributed by atoms with Crippen LogP contribution >= 0.6 is 12.2 Å². The van der Waals surface area contributed by atoms with Crippen molar-refractivity contribution in [3.05, 3.63) is 0 Å². The molecule has 4 nitrogen and oxygen atoms in total. The van der Waals surface area contributed by atoms with Gasteiger partial charge >= 0.3 is 0 Å². The second kappa shape index (κ2) is 7.79. The Morgan fingerprint density at radius 1 is 1.38 bits per heavy atom. The maximum Gasteiger partial charge on any atom is 0.219 e. The Bertz CT molecular complexity index is 173. The molecule has 0 aromatic rings. The maximum atomic E-state index is 11.0. The van der Waals surface area contributed by atoms with Crippen LogP contribution in [0.15, 0.2) is 0 Å². The summed E-state index contributed by atoms with van der Waals surface area (Å²) in [7, 11) is 0. The number of hydrogen-bond acceptors (Lipinski definition) is 2. The summed E-state index contributed by atoms with van der Waals surface area (Å²) in [5, 5.41) is 5.88. The van der Waals surface area contributed by atoms with Gasteiger partial charge in [-0.25, -0.2) is 0 Å². The molecular weight excluding hydrogens is 186 g/mol. The first-order valence-electron chi connectivity index (χ1n) is 4.46. The molecule has 0 aliphatic heterocycles. The third kappa shape index (κ3) is 9.07. The lowest BCUT2D eigenvalue weighted by Crippen LogP contribution is -2.30. The fourth-order valence-electron chi connectivity index (χ4n) is 0.908. The lowest BCUT2D eigenvalue weighted by Gasteiger charge is -2.03. The van der Waals surface area contributed by atoms with Gasteiger partial charge in [0.05, 0.1) is 0 Å². The van der Waals surface area contributed by atoms with Crippen molar-refractivity contribution >= 4 is 23.2 Å². The summed E-state index contributed by atoms with van der Waals surface area (Å²) < 4.78 is 0. The van der Waals surface area contributed by atoms with Crippen LogP contribution in [0.25, 0.3) is 0 Å². The molecule has 0 aliphatic carbocycles. The van der Waals surface area contributed by atoms with Crippen molar-refractivity contribution in [2.75, 3.05) is 13.1 Å². The average molecular weight is 203 g/mol. The zero-order chi connectivity index (χ0) is 10.1. The van der Waals surface area contributed by atoms with Gasteiger partial charge in [-0.2, -0.15) is 0 Å². The first-order valence-corrected chi connectivity index (χ1v) is 4.87. The standard InChI is InChI=1S/C8H17N3OS/c1-2-10-7(12)5-3-4-6-11-8(9)13/h2-6H2,1H3,(H,10,12)(H3,9,11,13). The molecule has 4 N–H and O–H groups in total. The Hall–Kier alpha value is -0.840. The first kappa shape index (κ1) is 12.2. The minimum atomic E-state index is 0.109. The average Bonchev–Trinajstić information content (AvgIpc) is 2.03. The number of hydrogen-bond donors (Lipinski definition) is 3. The highest BCUT2D eigenvalue weighted by atomic mass is 32.1. The molecule has 0 heterocycles. The molecule has 0 bridgehead atoms. The predicted octanol–water partition coefficient (Wildman–Crippen LogP) is 0.126. The Morgan fingerprint density at radius 2 is 2.08 bits per heavy atom. The van der Waals surface area contributed by atoms with E-state index in [4.69, 9.17) is 5.73 Å². The van der Waals surface area contributed by atoms with Crippen molar-refractivity contribution in [3.8, 4) is 0 Å². The molecule has 0 saturated carbocycles. The summed E-state index contributed by atoms with van der Waals surface area (Å²) >= 11 is 4.63. The number of carbonyl (C=O) groups excluding carboxylic acids is 1. The molecule has 0 fully saturated rings. The van der Waals surface area contributed by atoms with Crippen LogP contribution in [0.5, 0.6) is 0 Å². The van der Waals surface area contributed by atoms with Crippen LogP contribution in [-0.4, -0.2) is 24.1 Å². The summed E-state index contributed by atoms with van der Waals surface area (Å²) in [5.74, 6) is 0.109. The SMILES string of the molecule is CCNC(=O)CCCCNC(N)=S. The van der Waals surface area contributed by atoms with E-state index >= 15 is 0 Å². The van der Waals surface area contributed by atoms with Crippen molar-refractivity contribution in [1.82, 2.24) is 10.6 Å². The van der Waals surface area contributed by atoms with Crippen LogP contribution in [0.4, 0.5) is 0 Å². The van der Waals surface area contributed by atoms with Gasteiger partial charge < -0.3 is 16.4 Å². The monoisotopic (exact) mass is 203 g/mol. The van der Waals surface area contributed by atoms with Crippen LogP contribution < -0.4 is 16.4 Å². The van der Waals surface area contributed by atoms with Gasteiger partial charge in [0.2, 0.25) is 5.91 Å². The van der Waals surface area contributed by atoms with E-state index in [0.29, 0.717) is 18.1 Å². The van der Waals surface area contributed by atoms with Crippen molar-refractivity contribution in [2.45, 2.75) is 26.2 Å². The smallest absolute Gasteiger partial charge is 0.219 e. The van der Waals surface area contributed by atoms with Gasteiger partial charge in [0, 0.05) is 19.5 Å². The fraction of sp³-hybridized carbons (Fsp3) is 0.750. The van der Waals surface area contributed by atoms with Crippen molar-refractivity contribution in [2.24, 2.45) is 5.73 Å².